The van der Waals surface area contributed by atoms with Gasteiger partial charge < -0.3 is 10.6 Å². The first-order valence-electron chi connectivity index (χ1n) is 12.4. The SMILES string of the molecule is Cn1nc2c(c1N(CCN1CCN(c3cccc(Cl)c3)CC1)C(=O)c1ccc(N)cc1)CCCC2. The highest BCUT2D eigenvalue weighted by Gasteiger charge is 2.28. The van der Waals surface area contributed by atoms with Gasteiger partial charge in [0.15, 0.2) is 0 Å². The molecule has 2 aliphatic rings. The number of anilines is 3. The molecule has 0 saturated carbocycles. The van der Waals surface area contributed by atoms with E-state index < -0.39 is 0 Å². The van der Waals surface area contributed by atoms with Crippen LogP contribution in [0.2, 0.25) is 5.02 Å². The van der Waals surface area contributed by atoms with Crippen molar-refractivity contribution in [1.29, 1.82) is 0 Å². The zero-order valence-corrected chi connectivity index (χ0v) is 21.0. The van der Waals surface area contributed by atoms with Crippen LogP contribution in [-0.4, -0.2) is 59.9 Å². The molecule has 0 radical (unpaired) electrons. The van der Waals surface area contributed by atoms with Crippen molar-refractivity contribution in [2.45, 2.75) is 25.7 Å². The molecule has 0 spiro atoms. The van der Waals surface area contributed by atoms with E-state index in [9.17, 15) is 4.79 Å². The third-order valence-electron chi connectivity index (χ3n) is 7.13. The predicted molar refractivity (Wildman–Crippen MR) is 142 cm³/mol. The molecule has 1 aliphatic carbocycles. The van der Waals surface area contributed by atoms with Crippen LogP contribution in [0.3, 0.4) is 0 Å². The van der Waals surface area contributed by atoms with E-state index in [1.807, 2.05) is 47.0 Å². The number of hydrogen-bond donors (Lipinski definition) is 1. The number of nitrogen functional groups attached to an aromatic ring is 1. The molecule has 2 aromatic carbocycles. The highest BCUT2D eigenvalue weighted by Crippen LogP contribution is 2.31. The number of nitrogens with two attached hydrogens (primary N) is 1. The summed E-state index contributed by atoms with van der Waals surface area (Å²) in [5, 5.41) is 5.54. The minimum atomic E-state index is -0.000984. The third-order valence-corrected chi connectivity index (χ3v) is 7.36. The summed E-state index contributed by atoms with van der Waals surface area (Å²) in [6, 6.07) is 15.3. The molecule has 1 aliphatic heterocycles. The van der Waals surface area contributed by atoms with E-state index in [0.29, 0.717) is 17.8 Å². The van der Waals surface area contributed by atoms with Crippen molar-refractivity contribution in [2.75, 3.05) is 54.8 Å². The second-order valence-corrected chi connectivity index (χ2v) is 9.90. The number of aromatic nitrogens is 2. The molecule has 1 aromatic heterocycles. The molecular weight excluding hydrogens is 460 g/mol. The van der Waals surface area contributed by atoms with Crippen molar-refractivity contribution in [3.8, 4) is 0 Å². The topological polar surface area (TPSA) is 70.6 Å². The van der Waals surface area contributed by atoms with Crippen molar-refractivity contribution in [1.82, 2.24) is 14.7 Å². The van der Waals surface area contributed by atoms with Gasteiger partial charge in [0.25, 0.3) is 5.91 Å². The standard InChI is InChI=1S/C27H33ClN6O/c1-31-26(24-7-2-3-8-25(24)30-31)34(27(35)20-9-11-22(29)12-10-20)18-15-32-13-16-33(17-14-32)23-6-4-5-21(28)19-23/h4-6,9-12,19H,2-3,7-8,13-18,29H2,1H3. The lowest BCUT2D eigenvalue weighted by molar-refractivity contribution is 0.0981. The summed E-state index contributed by atoms with van der Waals surface area (Å²) >= 11 is 6.19. The number of hydrogen-bond acceptors (Lipinski definition) is 5. The van der Waals surface area contributed by atoms with Gasteiger partial charge in [-0.3, -0.25) is 19.3 Å². The predicted octanol–water partition coefficient (Wildman–Crippen LogP) is 4.00. The Morgan fingerprint density at radius 1 is 1.06 bits per heavy atom. The number of piperazine rings is 1. The monoisotopic (exact) mass is 492 g/mol. The fourth-order valence-electron chi connectivity index (χ4n) is 5.23. The number of rotatable bonds is 6. The molecule has 2 heterocycles. The highest BCUT2D eigenvalue weighted by atomic mass is 35.5. The Balaban J connectivity index is 1.32. The van der Waals surface area contributed by atoms with Gasteiger partial charge in [0.1, 0.15) is 5.82 Å². The van der Waals surface area contributed by atoms with Crippen molar-refractivity contribution < 1.29 is 4.79 Å². The maximum atomic E-state index is 13.7. The number of aryl methyl sites for hydroxylation is 2. The molecule has 35 heavy (non-hydrogen) atoms. The molecule has 1 fully saturated rings. The van der Waals surface area contributed by atoms with Gasteiger partial charge >= 0.3 is 0 Å². The molecule has 0 bridgehead atoms. The van der Waals surface area contributed by atoms with Crippen molar-refractivity contribution in [3.63, 3.8) is 0 Å². The zero-order chi connectivity index (χ0) is 24.4. The average molecular weight is 493 g/mol. The van der Waals surface area contributed by atoms with Crippen LogP contribution in [-0.2, 0) is 19.9 Å². The van der Waals surface area contributed by atoms with Crippen LogP contribution < -0.4 is 15.5 Å². The quantitative estimate of drug-likeness (QED) is 0.526. The Labute approximate surface area is 212 Å². The molecule has 2 N–H and O–H groups in total. The van der Waals surface area contributed by atoms with Gasteiger partial charge in [-0.2, -0.15) is 5.10 Å². The summed E-state index contributed by atoms with van der Waals surface area (Å²) in [6.07, 6.45) is 4.26. The number of halogens is 1. The van der Waals surface area contributed by atoms with Crippen LogP contribution in [0.15, 0.2) is 48.5 Å². The van der Waals surface area contributed by atoms with E-state index in [2.05, 4.69) is 15.9 Å². The number of nitrogens with zero attached hydrogens (tertiary/aromatic N) is 5. The van der Waals surface area contributed by atoms with E-state index in [4.69, 9.17) is 22.4 Å². The van der Waals surface area contributed by atoms with Crippen LogP contribution in [0.1, 0.15) is 34.5 Å². The fourth-order valence-corrected chi connectivity index (χ4v) is 5.42. The molecule has 0 unspecified atom stereocenters. The number of carbonyl (C=O) groups is 1. The first kappa shape index (κ1) is 23.7. The summed E-state index contributed by atoms with van der Waals surface area (Å²) in [5.41, 5.74) is 10.7. The Morgan fingerprint density at radius 2 is 1.80 bits per heavy atom. The molecule has 8 heteroatoms. The number of fused-ring (bicyclic) bond motifs is 1. The molecule has 3 aromatic rings. The molecule has 1 amide bonds. The molecule has 1 saturated heterocycles. The molecule has 0 atom stereocenters. The van der Waals surface area contributed by atoms with Crippen LogP contribution in [0.4, 0.5) is 17.2 Å². The van der Waals surface area contributed by atoms with Gasteiger partial charge in [-0.1, -0.05) is 17.7 Å². The lowest BCUT2D eigenvalue weighted by Gasteiger charge is -2.37. The minimum Gasteiger partial charge on any atom is -0.399 e. The normalized spacial score (nSPS) is 16.2. The number of carbonyl (C=O) groups excluding carboxylic acids is 1. The fraction of sp³-hybridized carbons (Fsp3) is 0.407. The number of amides is 1. The van der Waals surface area contributed by atoms with Crippen molar-refractivity contribution >= 4 is 34.7 Å². The second kappa shape index (κ2) is 10.3. The molecular formula is C27H33ClN6O. The largest absolute Gasteiger partial charge is 0.399 e. The van der Waals surface area contributed by atoms with E-state index in [-0.39, 0.29) is 5.91 Å². The van der Waals surface area contributed by atoms with Crippen LogP contribution in [0.25, 0.3) is 0 Å². The van der Waals surface area contributed by atoms with Crippen molar-refractivity contribution in [2.24, 2.45) is 7.05 Å². The maximum Gasteiger partial charge on any atom is 0.259 e. The molecule has 184 valence electrons. The Bertz CT molecular complexity index is 1180. The zero-order valence-electron chi connectivity index (χ0n) is 20.3. The Hall–Kier alpha value is -3.03. The molecule has 5 rings (SSSR count). The number of benzene rings is 2. The first-order chi connectivity index (χ1) is 17.0. The van der Waals surface area contributed by atoms with Crippen LogP contribution >= 0.6 is 11.6 Å². The molecule has 7 nitrogen and oxygen atoms in total. The minimum absolute atomic E-state index is 0.000984. The van der Waals surface area contributed by atoms with Gasteiger partial charge in [0.05, 0.1) is 5.69 Å². The van der Waals surface area contributed by atoms with Gasteiger partial charge in [-0.15, -0.1) is 0 Å². The van der Waals surface area contributed by atoms with Gasteiger partial charge in [0, 0.05) is 73.8 Å². The lowest BCUT2D eigenvalue weighted by Crippen LogP contribution is -2.49. The van der Waals surface area contributed by atoms with Gasteiger partial charge in [-0.05, 0) is 68.1 Å². The van der Waals surface area contributed by atoms with Crippen LogP contribution in [0, 0.1) is 0 Å². The van der Waals surface area contributed by atoms with Gasteiger partial charge in [-0.25, -0.2) is 0 Å². The Morgan fingerprint density at radius 3 is 2.54 bits per heavy atom. The van der Waals surface area contributed by atoms with Gasteiger partial charge in [0.2, 0.25) is 0 Å². The lowest BCUT2D eigenvalue weighted by atomic mass is 9.97. The summed E-state index contributed by atoms with van der Waals surface area (Å²) < 4.78 is 1.91. The summed E-state index contributed by atoms with van der Waals surface area (Å²) in [4.78, 5) is 20.5. The second-order valence-electron chi connectivity index (χ2n) is 9.47. The third kappa shape index (κ3) is 5.16. The van der Waals surface area contributed by atoms with Crippen molar-refractivity contribution in [3.05, 3.63) is 70.4 Å². The first-order valence-corrected chi connectivity index (χ1v) is 12.8. The summed E-state index contributed by atoms with van der Waals surface area (Å²) in [5.74, 6) is 0.943. The average Bonchev–Trinajstić information content (AvgIpc) is 3.20. The maximum absolute atomic E-state index is 13.7. The summed E-state index contributed by atoms with van der Waals surface area (Å²) in [7, 11) is 1.96. The van der Waals surface area contributed by atoms with Crippen LogP contribution in [0.5, 0.6) is 0 Å². The highest BCUT2D eigenvalue weighted by molar-refractivity contribution is 6.30. The Kier molecular flexibility index (Phi) is 6.97. The van der Waals surface area contributed by atoms with E-state index in [0.717, 1.165) is 74.9 Å². The summed E-state index contributed by atoms with van der Waals surface area (Å²) in [6.45, 7) is 5.19. The van der Waals surface area contributed by atoms with E-state index in [1.165, 1.54) is 11.3 Å². The van der Waals surface area contributed by atoms with E-state index in [1.54, 1.807) is 12.1 Å². The smallest absolute Gasteiger partial charge is 0.259 e. The van der Waals surface area contributed by atoms with E-state index >= 15 is 0 Å².